The zero-order chi connectivity index (χ0) is 37.6. The molecule has 0 amide bonds. The minimum Gasteiger partial charge on any atom is -0.310 e. The molecule has 10 rings (SSSR count). The van der Waals surface area contributed by atoms with Crippen LogP contribution < -0.4 is 9.80 Å². The summed E-state index contributed by atoms with van der Waals surface area (Å²) in [6.07, 6.45) is 20.2. The lowest BCUT2D eigenvalue weighted by Crippen LogP contribution is -2.35. The first-order valence-corrected chi connectivity index (χ1v) is 19.4. The molecule has 3 unspecified atom stereocenters. The van der Waals surface area contributed by atoms with E-state index in [-0.39, 0.29) is 11.8 Å². The number of anilines is 6. The Balaban J connectivity index is 1.33. The van der Waals surface area contributed by atoms with Crippen LogP contribution in [-0.2, 0) is 5.41 Å². The summed E-state index contributed by atoms with van der Waals surface area (Å²) in [6, 6.07) is 61.4. The van der Waals surface area contributed by atoms with Gasteiger partial charge in [0.15, 0.2) is 0 Å². The molecule has 7 aromatic carbocycles. The Labute approximate surface area is 329 Å². The Morgan fingerprint density at radius 2 is 1.09 bits per heavy atom. The molecule has 56 heavy (non-hydrogen) atoms. The fourth-order valence-electron chi connectivity index (χ4n) is 9.77. The minimum atomic E-state index is -0.572. The van der Waals surface area contributed by atoms with Gasteiger partial charge < -0.3 is 9.80 Å². The molecule has 3 atom stereocenters. The first kappa shape index (κ1) is 33.5. The smallest absolute Gasteiger partial charge is 0.0546 e. The van der Waals surface area contributed by atoms with Crippen LogP contribution in [0.15, 0.2) is 217 Å². The molecule has 0 aliphatic heterocycles. The highest BCUT2D eigenvalue weighted by atomic mass is 15.1. The molecule has 0 fully saturated rings. The lowest BCUT2D eigenvalue weighted by molar-refractivity contribution is 0.435. The first-order chi connectivity index (χ1) is 27.7. The van der Waals surface area contributed by atoms with Gasteiger partial charge in [0.1, 0.15) is 0 Å². The zero-order valence-corrected chi connectivity index (χ0v) is 31.3. The van der Waals surface area contributed by atoms with Gasteiger partial charge in [0.25, 0.3) is 0 Å². The second kappa shape index (κ2) is 13.6. The van der Waals surface area contributed by atoms with Crippen LogP contribution in [0.2, 0.25) is 0 Å². The topological polar surface area (TPSA) is 6.48 Å². The second-order valence-corrected chi connectivity index (χ2v) is 14.7. The number of fused-ring (bicyclic) bond motifs is 9. The molecule has 0 heterocycles. The van der Waals surface area contributed by atoms with Crippen LogP contribution in [-0.4, -0.2) is 0 Å². The van der Waals surface area contributed by atoms with Gasteiger partial charge in [0.2, 0.25) is 0 Å². The monoisotopic (exact) mass is 716 g/mol. The molecule has 0 aromatic heterocycles. The summed E-state index contributed by atoms with van der Waals surface area (Å²) in [5, 5.41) is 2.43. The van der Waals surface area contributed by atoms with Crippen LogP contribution in [0, 0.1) is 24.2 Å². The van der Waals surface area contributed by atoms with Gasteiger partial charge in [-0.3, -0.25) is 0 Å². The number of terminal acetylenes is 1. The number of benzene rings is 7. The minimum absolute atomic E-state index is 0.0623. The quantitative estimate of drug-likeness (QED) is 0.152. The second-order valence-electron chi connectivity index (χ2n) is 14.7. The van der Waals surface area contributed by atoms with E-state index < -0.39 is 5.41 Å². The van der Waals surface area contributed by atoms with Crippen LogP contribution >= 0.6 is 0 Å². The van der Waals surface area contributed by atoms with Gasteiger partial charge in [-0.1, -0.05) is 146 Å². The molecular weight excluding hydrogens is 677 g/mol. The molecule has 7 aromatic rings. The maximum absolute atomic E-state index is 6.59. The predicted octanol–water partition coefficient (Wildman–Crippen LogP) is 13.9. The molecule has 0 saturated heterocycles. The van der Waals surface area contributed by atoms with Crippen molar-refractivity contribution in [2.24, 2.45) is 11.8 Å². The maximum Gasteiger partial charge on any atom is 0.0546 e. The fourth-order valence-corrected chi connectivity index (χ4v) is 9.77. The number of hydrogen-bond donors (Lipinski definition) is 0. The van der Waals surface area contributed by atoms with E-state index in [1.807, 2.05) is 0 Å². The average Bonchev–Trinajstić information content (AvgIpc) is 3.71. The van der Waals surface area contributed by atoms with Crippen LogP contribution in [0.1, 0.15) is 18.1 Å². The molecule has 0 bridgehead atoms. The van der Waals surface area contributed by atoms with Crippen LogP contribution in [0.3, 0.4) is 0 Å². The van der Waals surface area contributed by atoms with Crippen LogP contribution in [0.5, 0.6) is 0 Å². The van der Waals surface area contributed by atoms with Crippen molar-refractivity contribution in [3.8, 4) is 23.5 Å². The molecule has 3 aliphatic rings. The number of rotatable bonds is 7. The summed E-state index contributed by atoms with van der Waals surface area (Å²) in [5.41, 5.74) is 13.4. The zero-order valence-electron chi connectivity index (χ0n) is 31.3. The van der Waals surface area contributed by atoms with Crippen molar-refractivity contribution in [2.75, 3.05) is 9.80 Å². The van der Waals surface area contributed by atoms with Crippen LogP contribution in [0.4, 0.5) is 34.1 Å². The molecule has 3 aliphatic carbocycles. The first-order valence-electron chi connectivity index (χ1n) is 19.4. The van der Waals surface area contributed by atoms with Crippen molar-refractivity contribution in [1.29, 1.82) is 0 Å². The van der Waals surface area contributed by atoms with E-state index in [4.69, 9.17) is 6.42 Å². The molecule has 0 N–H and O–H groups in total. The van der Waals surface area contributed by atoms with Gasteiger partial charge in [-0.05, 0) is 107 Å². The van der Waals surface area contributed by atoms with Crippen LogP contribution in [0.25, 0.3) is 21.9 Å². The summed E-state index contributed by atoms with van der Waals surface area (Å²) in [6.45, 7) is 2.11. The summed E-state index contributed by atoms with van der Waals surface area (Å²) in [5.74, 6) is 3.38. The lowest BCUT2D eigenvalue weighted by atomic mass is 9.64. The summed E-state index contributed by atoms with van der Waals surface area (Å²) in [4.78, 5) is 4.79. The normalized spacial score (nSPS) is 18.9. The molecule has 1 spiro atoms. The highest BCUT2D eigenvalue weighted by Crippen LogP contribution is 2.67. The van der Waals surface area contributed by atoms with Crippen molar-refractivity contribution in [3.05, 3.63) is 229 Å². The largest absolute Gasteiger partial charge is 0.310 e. The van der Waals surface area contributed by atoms with Crippen molar-refractivity contribution >= 4 is 44.9 Å². The third kappa shape index (κ3) is 4.98. The standard InChI is InChI=1S/C54H40N2/c1-3-21-48-43(4-2)44-30-19-20-33-49(44)54(48)50-36-42(55(38-22-9-5-10-23-38)39-24-11-6-12-25-39)34-35-47(50)53-46-32-18-17-31-45(46)52(37-51(53)54)56(40-26-13-7-14-27-40)41-28-15-8-16-29-41/h2-3,5-37,44,49H,1H3/b21-3-. The van der Waals surface area contributed by atoms with Crippen molar-refractivity contribution in [1.82, 2.24) is 0 Å². The molecule has 0 saturated carbocycles. The van der Waals surface area contributed by atoms with E-state index in [1.54, 1.807) is 0 Å². The average molecular weight is 717 g/mol. The van der Waals surface area contributed by atoms with Gasteiger partial charge >= 0.3 is 0 Å². The summed E-state index contributed by atoms with van der Waals surface area (Å²) in [7, 11) is 0. The van der Waals surface area contributed by atoms with E-state index in [0.717, 1.165) is 39.7 Å². The van der Waals surface area contributed by atoms with Gasteiger partial charge in [0.05, 0.1) is 11.1 Å². The van der Waals surface area contributed by atoms with Crippen molar-refractivity contribution in [3.63, 3.8) is 0 Å². The van der Waals surface area contributed by atoms with E-state index in [1.165, 1.54) is 38.6 Å². The van der Waals surface area contributed by atoms with Gasteiger partial charge in [-0.15, -0.1) is 6.42 Å². The summed E-state index contributed by atoms with van der Waals surface area (Å²) < 4.78 is 0. The lowest BCUT2D eigenvalue weighted by Gasteiger charge is -2.38. The molecule has 0 radical (unpaired) electrons. The Hall–Kier alpha value is -7.08. The number of hydrogen-bond acceptors (Lipinski definition) is 2. The van der Waals surface area contributed by atoms with E-state index >= 15 is 0 Å². The van der Waals surface area contributed by atoms with E-state index in [0.29, 0.717) is 0 Å². The van der Waals surface area contributed by atoms with Gasteiger partial charge in [0, 0.05) is 51.2 Å². The Morgan fingerprint density at radius 3 is 1.66 bits per heavy atom. The molecular formula is C54H40N2. The Kier molecular flexibility index (Phi) is 8.16. The Morgan fingerprint density at radius 1 is 0.554 bits per heavy atom. The molecule has 2 nitrogen and oxygen atoms in total. The fraction of sp³-hybridized carbons (Fsp3) is 0.0741. The maximum atomic E-state index is 6.59. The number of para-hydroxylation sites is 4. The highest BCUT2D eigenvalue weighted by molar-refractivity contribution is 6.11. The molecule has 2 heteroatoms. The summed E-state index contributed by atoms with van der Waals surface area (Å²) >= 11 is 0. The van der Waals surface area contributed by atoms with E-state index in [2.05, 4.69) is 229 Å². The van der Waals surface area contributed by atoms with Crippen molar-refractivity contribution < 1.29 is 0 Å². The molecule has 266 valence electrons. The number of allylic oxidation sites excluding steroid dienone is 8. The van der Waals surface area contributed by atoms with Gasteiger partial charge in [-0.2, -0.15) is 0 Å². The van der Waals surface area contributed by atoms with Gasteiger partial charge in [-0.25, -0.2) is 0 Å². The highest BCUT2D eigenvalue weighted by Gasteiger charge is 2.58. The predicted molar refractivity (Wildman–Crippen MR) is 235 cm³/mol. The van der Waals surface area contributed by atoms with Crippen molar-refractivity contribution in [2.45, 2.75) is 12.3 Å². The number of nitrogens with zero attached hydrogens (tertiary/aromatic N) is 2. The Bertz CT molecular complexity index is 2690. The third-order valence-corrected chi connectivity index (χ3v) is 11.9. The SMILES string of the molecule is C#CC1=C(/C=C\C)C2(c3cc(N(c4ccccc4)c4ccccc4)ccc3-c3c2cc(N(c2ccccc2)c2ccccc2)c2ccccc32)C2C=CC=CC12. The third-order valence-electron chi connectivity index (χ3n) is 11.9. The van der Waals surface area contributed by atoms with E-state index in [9.17, 15) is 0 Å².